The summed E-state index contributed by atoms with van der Waals surface area (Å²) in [5.41, 5.74) is 2.98. The van der Waals surface area contributed by atoms with Crippen molar-refractivity contribution in [1.29, 1.82) is 0 Å². The Hall–Kier alpha value is -0.590. The number of rotatable bonds is 2. The van der Waals surface area contributed by atoms with Crippen molar-refractivity contribution in [2.24, 2.45) is 5.41 Å². The molecule has 6 heteroatoms. The maximum atomic E-state index is 11.6. The molecule has 1 amide bonds. The van der Waals surface area contributed by atoms with Crippen molar-refractivity contribution in [3.05, 3.63) is 30.3 Å². The molecule has 0 radical (unpaired) electrons. The van der Waals surface area contributed by atoms with Crippen LogP contribution in [0.15, 0.2) is 30.3 Å². The third kappa shape index (κ3) is 3.20. The molecule has 1 heterocycles. The van der Waals surface area contributed by atoms with Crippen LogP contribution in [0.5, 0.6) is 0 Å². The van der Waals surface area contributed by atoms with Crippen molar-refractivity contribution < 1.29 is 44.9 Å². The van der Waals surface area contributed by atoms with Gasteiger partial charge in [0.1, 0.15) is 0 Å². The molecule has 0 aliphatic carbocycles. The fourth-order valence-electron chi connectivity index (χ4n) is 1.60. The van der Waals surface area contributed by atoms with Crippen molar-refractivity contribution in [1.82, 2.24) is 5.43 Å². The standard InChI is InChI=1S/C11H14N2O2.Na.H2O/c1-11(8-14)7-13(12-10(11)15)9-5-3-2-4-6-9;;/h2-6,14H,7-8H2,1H3,(H,12,15);;1H2/q;+1;/p-1. The third-order valence-electron chi connectivity index (χ3n) is 2.71. The van der Waals surface area contributed by atoms with Crippen molar-refractivity contribution in [3.8, 4) is 0 Å². The molecule has 17 heavy (non-hydrogen) atoms. The number of benzene rings is 1. The van der Waals surface area contributed by atoms with Gasteiger partial charge < -0.3 is 10.6 Å². The first kappa shape index (κ1) is 16.4. The minimum absolute atomic E-state index is 0. The quantitative estimate of drug-likeness (QED) is 0.559. The fraction of sp³-hybridized carbons (Fsp3) is 0.364. The second-order valence-electron chi connectivity index (χ2n) is 4.08. The Balaban J connectivity index is 0.00000128. The average molecular weight is 246 g/mol. The number of nitrogens with zero attached hydrogens (tertiary/aromatic N) is 1. The molecular weight excluding hydrogens is 231 g/mol. The summed E-state index contributed by atoms with van der Waals surface area (Å²) in [6, 6.07) is 9.59. The first-order chi connectivity index (χ1) is 7.15. The van der Waals surface area contributed by atoms with Gasteiger partial charge in [0, 0.05) is 0 Å². The van der Waals surface area contributed by atoms with Crippen LogP contribution in [0.25, 0.3) is 0 Å². The van der Waals surface area contributed by atoms with Gasteiger partial charge in [-0.25, -0.2) is 0 Å². The minimum Gasteiger partial charge on any atom is -0.870 e. The van der Waals surface area contributed by atoms with E-state index in [1.165, 1.54) is 0 Å². The van der Waals surface area contributed by atoms with E-state index in [1.807, 2.05) is 30.3 Å². The molecule has 1 saturated heterocycles. The molecule has 1 unspecified atom stereocenters. The van der Waals surface area contributed by atoms with Gasteiger partial charge in [0.15, 0.2) is 0 Å². The first-order valence-corrected chi connectivity index (χ1v) is 4.90. The number of hydrazine groups is 1. The SMILES string of the molecule is CC1(CO)CN(c2ccccc2)NC1=O.[Na+].[OH-]. The van der Waals surface area contributed by atoms with Crippen LogP contribution >= 0.6 is 0 Å². The third-order valence-corrected chi connectivity index (χ3v) is 2.71. The van der Waals surface area contributed by atoms with E-state index in [1.54, 1.807) is 11.9 Å². The molecule has 1 aliphatic rings. The van der Waals surface area contributed by atoms with Gasteiger partial charge in [-0.3, -0.25) is 15.2 Å². The Kier molecular flexibility index (Phi) is 6.15. The average Bonchev–Trinajstić information content (AvgIpc) is 2.58. The van der Waals surface area contributed by atoms with Gasteiger partial charge in [0.25, 0.3) is 0 Å². The Morgan fingerprint density at radius 3 is 2.47 bits per heavy atom. The molecule has 0 saturated carbocycles. The second-order valence-corrected chi connectivity index (χ2v) is 4.08. The molecule has 0 bridgehead atoms. The number of amides is 1. The minimum atomic E-state index is -0.699. The molecule has 1 aromatic rings. The molecule has 88 valence electrons. The van der Waals surface area contributed by atoms with Crippen LogP contribution in [0, 0.1) is 5.41 Å². The number of aliphatic hydroxyl groups excluding tert-OH is 1. The molecule has 5 nitrogen and oxygen atoms in total. The van der Waals surface area contributed by atoms with E-state index in [-0.39, 0.29) is 47.5 Å². The predicted octanol–water partition coefficient (Wildman–Crippen LogP) is -2.64. The van der Waals surface area contributed by atoms with Crippen LogP contribution in [-0.2, 0) is 4.79 Å². The largest absolute Gasteiger partial charge is 1.00 e. The molecule has 1 atom stereocenters. The Morgan fingerprint density at radius 1 is 1.41 bits per heavy atom. The van der Waals surface area contributed by atoms with Gasteiger partial charge in [0.05, 0.1) is 24.3 Å². The summed E-state index contributed by atoms with van der Waals surface area (Å²) >= 11 is 0. The second kappa shape index (κ2) is 6.37. The summed E-state index contributed by atoms with van der Waals surface area (Å²) < 4.78 is 0. The summed E-state index contributed by atoms with van der Waals surface area (Å²) in [7, 11) is 0. The summed E-state index contributed by atoms with van der Waals surface area (Å²) in [6.45, 7) is 2.11. The maximum absolute atomic E-state index is 11.6. The zero-order valence-corrected chi connectivity index (χ0v) is 12.1. The summed E-state index contributed by atoms with van der Waals surface area (Å²) in [5, 5.41) is 10.9. The number of carbonyl (C=O) groups is 1. The maximum Gasteiger partial charge on any atom is 1.00 e. The fourth-order valence-corrected chi connectivity index (χ4v) is 1.60. The Labute approximate surface area is 122 Å². The van der Waals surface area contributed by atoms with Crippen molar-refractivity contribution in [3.63, 3.8) is 0 Å². The van der Waals surface area contributed by atoms with Gasteiger partial charge in [-0.2, -0.15) is 0 Å². The molecule has 1 fully saturated rings. The van der Waals surface area contributed by atoms with Crippen LogP contribution < -0.4 is 40.0 Å². The zero-order chi connectivity index (χ0) is 10.9. The van der Waals surface area contributed by atoms with E-state index in [0.717, 1.165) is 5.69 Å². The van der Waals surface area contributed by atoms with Crippen molar-refractivity contribution >= 4 is 11.6 Å². The van der Waals surface area contributed by atoms with E-state index < -0.39 is 5.41 Å². The Morgan fingerprint density at radius 2 is 2.00 bits per heavy atom. The van der Waals surface area contributed by atoms with Gasteiger partial charge in [-0.15, -0.1) is 0 Å². The van der Waals surface area contributed by atoms with E-state index in [4.69, 9.17) is 0 Å². The smallest absolute Gasteiger partial charge is 0.870 e. The summed E-state index contributed by atoms with van der Waals surface area (Å²) in [5.74, 6) is -0.131. The topological polar surface area (TPSA) is 82.6 Å². The molecule has 1 aliphatic heterocycles. The first-order valence-electron chi connectivity index (χ1n) is 4.90. The predicted molar refractivity (Wildman–Crippen MR) is 59.1 cm³/mol. The number of carbonyl (C=O) groups excluding carboxylic acids is 1. The van der Waals surface area contributed by atoms with Crippen LogP contribution in [0.3, 0.4) is 0 Å². The molecule has 2 rings (SSSR count). The number of nitrogens with one attached hydrogen (secondary N) is 1. The number of hydrogen-bond donors (Lipinski definition) is 2. The number of para-hydroxylation sites is 1. The van der Waals surface area contributed by atoms with Gasteiger partial charge in [-0.1, -0.05) is 18.2 Å². The Bertz CT molecular complexity index is 374. The molecular formula is C11H15N2NaO3. The van der Waals surface area contributed by atoms with Crippen LogP contribution in [0.2, 0.25) is 0 Å². The normalized spacial score (nSPS) is 22.5. The van der Waals surface area contributed by atoms with Crippen LogP contribution in [0.4, 0.5) is 5.69 Å². The van der Waals surface area contributed by atoms with Gasteiger partial charge >= 0.3 is 29.6 Å². The van der Waals surface area contributed by atoms with Gasteiger partial charge in [0.2, 0.25) is 5.91 Å². The van der Waals surface area contributed by atoms with E-state index in [2.05, 4.69) is 5.43 Å². The van der Waals surface area contributed by atoms with E-state index in [9.17, 15) is 9.90 Å². The molecule has 0 spiro atoms. The van der Waals surface area contributed by atoms with E-state index >= 15 is 0 Å². The molecule has 3 N–H and O–H groups in total. The van der Waals surface area contributed by atoms with Crippen molar-refractivity contribution in [2.75, 3.05) is 18.2 Å². The number of aliphatic hydroxyl groups is 1. The monoisotopic (exact) mass is 246 g/mol. The number of anilines is 1. The van der Waals surface area contributed by atoms with Crippen LogP contribution in [0.1, 0.15) is 6.92 Å². The molecule has 1 aromatic carbocycles. The van der Waals surface area contributed by atoms with E-state index in [0.29, 0.717) is 6.54 Å². The molecule has 0 aromatic heterocycles. The van der Waals surface area contributed by atoms with Crippen molar-refractivity contribution in [2.45, 2.75) is 6.92 Å². The number of hydrogen-bond acceptors (Lipinski definition) is 4. The summed E-state index contributed by atoms with van der Waals surface area (Å²) in [6.07, 6.45) is 0. The van der Waals surface area contributed by atoms with Crippen LogP contribution in [-0.4, -0.2) is 29.6 Å². The van der Waals surface area contributed by atoms with Gasteiger partial charge in [-0.05, 0) is 19.1 Å². The zero-order valence-electron chi connectivity index (χ0n) is 10.1. The summed E-state index contributed by atoms with van der Waals surface area (Å²) in [4.78, 5) is 11.6.